The van der Waals surface area contributed by atoms with E-state index in [4.69, 9.17) is 0 Å². The maximum Gasteiger partial charge on any atom is 0.257 e. The first-order valence-corrected chi connectivity index (χ1v) is 7.15. The van der Waals surface area contributed by atoms with E-state index >= 15 is 0 Å². The fourth-order valence-corrected chi connectivity index (χ4v) is 2.83. The van der Waals surface area contributed by atoms with Gasteiger partial charge in [-0.3, -0.25) is 4.79 Å². The first-order valence-electron chi connectivity index (χ1n) is 7.15. The summed E-state index contributed by atoms with van der Waals surface area (Å²) in [7, 11) is 1.92. The fraction of sp³-hybridized carbons (Fsp3) is 0.467. The Morgan fingerprint density at radius 2 is 2.25 bits per heavy atom. The van der Waals surface area contributed by atoms with Crippen LogP contribution in [-0.2, 0) is 7.05 Å². The molecular formula is C15H20N4O. The number of aryl methyl sites for hydroxylation is 1. The Kier molecular flexibility index (Phi) is 3.34. The van der Waals surface area contributed by atoms with E-state index < -0.39 is 0 Å². The highest BCUT2D eigenvalue weighted by atomic mass is 16.1. The van der Waals surface area contributed by atoms with Crippen molar-refractivity contribution >= 4 is 11.6 Å². The Labute approximate surface area is 118 Å². The summed E-state index contributed by atoms with van der Waals surface area (Å²) in [5, 5.41) is 7.29. The third-order valence-corrected chi connectivity index (χ3v) is 4.01. The lowest BCUT2D eigenvalue weighted by molar-refractivity contribution is 0.0946. The number of nitrogens with one attached hydrogen (secondary N) is 1. The molecule has 2 heterocycles. The normalized spacial score (nSPS) is 17.0. The third kappa shape index (κ3) is 2.24. The Morgan fingerprint density at radius 1 is 1.40 bits per heavy atom. The van der Waals surface area contributed by atoms with Crippen molar-refractivity contribution < 1.29 is 4.79 Å². The van der Waals surface area contributed by atoms with Crippen LogP contribution in [0.2, 0.25) is 0 Å². The van der Waals surface area contributed by atoms with Gasteiger partial charge in [0.15, 0.2) is 0 Å². The van der Waals surface area contributed by atoms with Gasteiger partial charge in [-0.2, -0.15) is 5.10 Å². The predicted molar refractivity (Wildman–Crippen MR) is 77.6 cm³/mol. The van der Waals surface area contributed by atoms with Gasteiger partial charge < -0.3 is 9.88 Å². The summed E-state index contributed by atoms with van der Waals surface area (Å²) in [5.74, 6) is -0.0548. The van der Waals surface area contributed by atoms with Gasteiger partial charge in [0, 0.05) is 25.5 Å². The third-order valence-electron chi connectivity index (χ3n) is 4.01. The molecule has 1 unspecified atom stereocenters. The van der Waals surface area contributed by atoms with Crippen LogP contribution in [0, 0.1) is 0 Å². The molecule has 3 rings (SSSR count). The lowest BCUT2D eigenvalue weighted by Gasteiger charge is -2.20. The van der Waals surface area contributed by atoms with Crippen molar-refractivity contribution in [3.05, 3.63) is 35.8 Å². The van der Waals surface area contributed by atoms with E-state index in [0.29, 0.717) is 5.56 Å². The van der Waals surface area contributed by atoms with Gasteiger partial charge >= 0.3 is 0 Å². The average molecular weight is 272 g/mol. The molecule has 5 nitrogen and oxygen atoms in total. The van der Waals surface area contributed by atoms with Crippen molar-refractivity contribution in [3.63, 3.8) is 0 Å². The molecule has 1 amide bonds. The van der Waals surface area contributed by atoms with Crippen LogP contribution in [-0.4, -0.2) is 26.1 Å². The fourth-order valence-electron chi connectivity index (χ4n) is 2.83. The van der Waals surface area contributed by atoms with Gasteiger partial charge in [-0.1, -0.05) is 11.6 Å². The van der Waals surface area contributed by atoms with Gasteiger partial charge in [-0.25, -0.2) is 4.52 Å². The minimum absolute atomic E-state index is 0.0548. The van der Waals surface area contributed by atoms with Crippen LogP contribution in [0.25, 0.3) is 5.65 Å². The molecular weight excluding hydrogens is 252 g/mol. The Morgan fingerprint density at radius 3 is 3.00 bits per heavy atom. The van der Waals surface area contributed by atoms with E-state index in [2.05, 4.69) is 23.4 Å². The predicted octanol–water partition coefficient (Wildman–Crippen LogP) is 2.29. The smallest absolute Gasteiger partial charge is 0.257 e. The zero-order valence-electron chi connectivity index (χ0n) is 12.0. The quantitative estimate of drug-likeness (QED) is 0.872. The van der Waals surface area contributed by atoms with E-state index in [-0.39, 0.29) is 11.9 Å². The Hall–Kier alpha value is -2.04. The number of rotatable bonds is 3. The van der Waals surface area contributed by atoms with Gasteiger partial charge in [-0.05, 0) is 32.6 Å². The lowest BCUT2D eigenvalue weighted by atomic mass is 9.94. The summed E-state index contributed by atoms with van der Waals surface area (Å²) in [6, 6.07) is 0.0954. The maximum absolute atomic E-state index is 12.4. The molecule has 0 aromatic carbocycles. The first-order chi connectivity index (χ1) is 9.66. The Bertz CT molecular complexity index is 665. The number of allylic oxidation sites excluding steroid dienone is 1. The first kappa shape index (κ1) is 13.0. The van der Waals surface area contributed by atoms with Crippen molar-refractivity contribution in [2.75, 3.05) is 0 Å². The molecule has 0 spiro atoms. The molecule has 0 radical (unpaired) electrons. The molecule has 1 aliphatic rings. The number of carbonyl (C=O) groups is 1. The molecule has 5 heteroatoms. The second kappa shape index (κ2) is 5.15. The summed E-state index contributed by atoms with van der Waals surface area (Å²) < 4.78 is 3.63. The van der Waals surface area contributed by atoms with Gasteiger partial charge in [0.05, 0.1) is 6.20 Å². The highest BCUT2D eigenvalue weighted by molar-refractivity contribution is 6.00. The van der Waals surface area contributed by atoms with Crippen LogP contribution in [0.1, 0.15) is 43.0 Å². The van der Waals surface area contributed by atoms with Gasteiger partial charge in [0.1, 0.15) is 11.2 Å². The van der Waals surface area contributed by atoms with Gasteiger partial charge in [0.25, 0.3) is 5.91 Å². The monoisotopic (exact) mass is 272 g/mol. The molecule has 0 fully saturated rings. The SMILES string of the molecule is CC(NC(=O)c1cnn2ccn(C)c12)C1=CCCCC1. The molecule has 1 atom stereocenters. The van der Waals surface area contributed by atoms with Crippen molar-refractivity contribution in [2.45, 2.75) is 38.6 Å². The van der Waals surface area contributed by atoms with Crippen LogP contribution < -0.4 is 5.32 Å². The van der Waals surface area contributed by atoms with E-state index in [1.165, 1.54) is 18.4 Å². The van der Waals surface area contributed by atoms with Gasteiger partial charge in [0.2, 0.25) is 0 Å². The summed E-state index contributed by atoms with van der Waals surface area (Å²) in [6.45, 7) is 2.06. The number of aromatic nitrogens is 3. The molecule has 0 bridgehead atoms. The summed E-state index contributed by atoms with van der Waals surface area (Å²) in [4.78, 5) is 12.4. The van der Waals surface area contributed by atoms with E-state index in [0.717, 1.165) is 18.5 Å². The topological polar surface area (TPSA) is 51.3 Å². The van der Waals surface area contributed by atoms with Gasteiger partial charge in [-0.15, -0.1) is 0 Å². The lowest BCUT2D eigenvalue weighted by Crippen LogP contribution is -2.34. The molecule has 2 aromatic heterocycles. The van der Waals surface area contributed by atoms with Crippen LogP contribution in [0.5, 0.6) is 0 Å². The zero-order valence-corrected chi connectivity index (χ0v) is 12.0. The molecule has 0 saturated heterocycles. The number of hydrogen-bond acceptors (Lipinski definition) is 2. The van der Waals surface area contributed by atoms with Crippen LogP contribution >= 0.6 is 0 Å². The number of nitrogens with zero attached hydrogens (tertiary/aromatic N) is 3. The van der Waals surface area contributed by atoms with Crippen LogP contribution in [0.3, 0.4) is 0 Å². The largest absolute Gasteiger partial charge is 0.346 e. The number of carbonyl (C=O) groups excluding carboxylic acids is 1. The van der Waals surface area contributed by atoms with Crippen molar-refractivity contribution in [2.24, 2.45) is 7.05 Å². The number of fused-ring (bicyclic) bond motifs is 1. The van der Waals surface area contributed by atoms with Crippen LogP contribution in [0.15, 0.2) is 30.2 Å². The minimum Gasteiger partial charge on any atom is -0.346 e. The molecule has 1 N–H and O–H groups in total. The van der Waals surface area contributed by atoms with Crippen molar-refractivity contribution in [1.82, 2.24) is 19.5 Å². The van der Waals surface area contributed by atoms with E-state index in [9.17, 15) is 4.79 Å². The number of imidazole rings is 1. The summed E-state index contributed by atoms with van der Waals surface area (Å²) in [6.07, 6.45) is 12.3. The maximum atomic E-state index is 12.4. The number of amides is 1. The van der Waals surface area contributed by atoms with E-state index in [1.807, 2.05) is 24.0 Å². The molecule has 106 valence electrons. The van der Waals surface area contributed by atoms with E-state index in [1.54, 1.807) is 10.7 Å². The zero-order chi connectivity index (χ0) is 14.1. The van der Waals surface area contributed by atoms with Crippen molar-refractivity contribution in [1.29, 1.82) is 0 Å². The highest BCUT2D eigenvalue weighted by Crippen LogP contribution is 2.20. The molecule has 0 aliphatic heterocycles. The molecule has 0 saturated carbocycles. The van der Waals surface area contributed by atoms with Crippen molar-refractivity contribution in [3.8, 4) is 0 Å². The standard InChI is InChI=1S/C15H20N4O/c1-11(12-6-4-3-5-7-12)17-14(20)13-10-16-19-9-8-18(2)15(13)19/h6,8-11H,3-5,7H2,1-2H3,(H,17,20). The molecule has 20 heavy (non-hydrogen) atoms. The second-order valence-electron chi connectivity index (χ2n) is 5.46. The molecule has 2 aromatic rings. The Balaban J connectivity index is 1.79. The highest BCUT2D eigenvalue weighted by Gasteiger charge is 2.19. The average Bonchev–Trinajstić information content (AvgIpc) is 3.03. The second-order valence-corrected chi connectivity index (χ2v) is 5.46. The number of hydrogen-bond donors (Lipinski definition) is 1. The minimum atomic E-state index is -0.0548. The summed E-state index contributed by atoms with van der Waals surface area (Å²) >= 11 is 0. The van der Waals surface area contributed by atoms with Crippen LogP contribution in [0.4, 0.5) is 0 Å². The summed E-state index contributed by atoms with van der Waals surface area (Å²) in [5.41, 5.74) is 2.80. The molecule has 1 aliphatic carbocycles.